The monoisotopic (exact) mass is 254 g/mol. The molecule has 0 spiro atoms. The highest BCUT2D eigenvalue weighted by molar-refractivity contribution is 5.01. The molecular formula is C14H26N2O2. The molecule has 2 N–H and O–H groups in total. The van der Waals surface area contributed by atoms with E-state index in [1.807, 2.05) is 0 Å². The summed E-state index contributed by atoms with van der Waals surface area (Å²) in [5, 5.41) is 21.6. The highest BCUT2D eigenvalue weighted by Crippen LogP contribution is 2.39. The van der Waals surface area contributed by atoms with Crippen molar-refractivity contribution in [1.29, 1.82) is 0 Å². The largest absolute Gasteiger partial charge is 0.395 e. The zero-order chi connectivity index (χ0) is 12.5. The molecule has 4 unspecified atom stereocenters. The first kappa shape index (κ1) is 12.9. The van der Waals surface area contributed by atoms with Gasteiger partial charge in [-0.3, -0.25) is 4.90 Å². The maximum Gasteiger partial charge on any atom is 0.0558 e. The zero-order valence-corrected chi connectivity index (χ0v) is 11.2. The van der Waals surface area contributed by atoms with E-state index < -0.39 is 0 Å². The highest BCUT2D eigenvalue weighted by Gasteiger charge is 2.48. The lowest BCUT2D eigenvalue weighted by molar-refractivity contribution is -0.239. The van der Waals surface area contributed by atoms with Crippen LogP contribution in [-0.2, 0) is 0 Å². The maximum absolute atomic E-state index is 10.5. The average Bonchev–Trinajstić information content (AvgIpc) is 2.43. The van der Waals surface area contributed by atoms with Crippen LogP contribution in [-0.4, -0.2) is 57.6 Å². The molecule has 2 saturated carbocycles. The van der Waals surface area contributed by atoms with Crippen molar-refractivity contribution in [3.63, 3.8) is 0 Å². The van der Waals surface area contributed by atoms with Gasteiger partial charge in [0.2, 0.25) is 0 Å². The van der Waals surface area contributed by atoms with Gasteiger partial charge in [0, 0.05) is 18.6 Å². The molecule has 2 aliphatic carbocycles. The normalized spacial score (nSPS) is 42.3. The van der Waals surface area contributed by atoms with Crippen LogP contribution in [0.2, 0.25) is 0 Å². The number of piperazine rings is 1. The molecule has 0 aromatic rings. The molecule has 0 radical (unpaired) electrons. The summed E-state index contributed by atoms with van der Waals surface area (Å²) in [5.74, 6) is 0. The first-order valence-corrected chi connectivity index (χ1v) is 7.66. The van der Waals surface area contributed by atoms with Gasteiger partial charge in [0.25, 0.3) is 0 Å². The first-order chi connectivity index (χ1) is 8.83. The number of rotatable bonds is 2. The second kappa shape index (κ2) is 5.45. The molecule has 0 amide bonds. The van der Waals surface area contributed by atoms with Crippen LogP contribution in [0.4, 0.5) is 0 Å². The minimum absolute atomic E-state index is 0.248. The lowest BCUT2D eigenvalue weighted by atomic mass is 9.78. The Morgan fingerprint density at radius 3 is 1.67 bits per heavy atom. The molecule has 0 aromatic heterocycles. The summed E-state index contributed by atoms with van der Waals surface area (Å²) in [5.41, 5.74) is 0. The van der Waals surface area contributed by atoms with Gasteiger partial charge in [-0.2, -0.15) is 5.06 Å². The van der Waals surface area contributed by atoms with Gasteiger partial charge in [-0.15, -0.1) is 0 Å². The molecule has 4 heteroatoms. The van der Waals surface area contributed by atoms with Crippen molar-refractivity contribution in [3.05, 3.63) is 0 Å². The van der Waals surface area contributed by atoms with Gasteiger partial charge in [-0.05, 0) is 25.7 Å². The maximum atomic E-state index is 10.5. The van der Waals surface area contributed by atoms with Gasteiger partial charge in [0.1, 0.15) is 0 Å². The van der Waals surface area contributed by atoms with E-state index in [0.717, 1.165) is 19.4 Å². The quantitative estimate of drug-likeness (QED) is 0.786. The Kier molecular flexibility index (Phi) is 3.89. The molecule has 4 atom stereocenters. The molecule has 0 aromatic carbocycles. The molecule has 1 saturated heterocycles. The fourth-order valence-electron chi connectivity index (χ4n) is 4.51. The van der Waals surface area contributed by atoms with Crippen LogP contribution >= 0.6 is 0 Å². The summed E-state index contributed by atoms with van der Waals surface area (Å²) in [7, 11) is 0. The summed E-state index contributed by atoms with van der Waals surface area (Å²) in [6, 6.07) is 1.56. The van der Waals surface area contributed by atoms with Crippen LogP contribution in [0, 0.1) is 0 Å². The second-order valence-corrected chi connectivity index (χ2v) is 6.18. The third kappa shape index (κ3) is 2.09. The Balaban J connectivity index is 1.84. The van der Waals surface area contributed by atoms with E-state index in [-0.39, 0.29) is 6.61 Å². The van der Waals surface area contributed by atoms with Gasteiger partial charge < -0.3 is 10.3 Å². The molecule has 104 valence electrons. The Bertz CT molecular complexity index is 263. The van der Waals surface area contributed by atoms with E-state index in [2.05, 4.69) is 4.90 Å². The second-order valence-electron chi connectivity index (χ2n) is 6.18. The highest BCUT2D eigenvalue weighted by atomic mass is 16.5. The molecule has 3 aliphatic rings. The minimum atomic E-state index is 0.248. The first-order valence-electron chi connectivity index (χ1n) is 7.66. The predicted octanol–water partition coefficient (Wildman–Crippen LogP) is 1.61. The van der Waals surface area contributed by atoms with Gasteiger partial charge in [0.15, 0.2) is 0 Å². The molecule has 0 bridgehead atoms. The van der Waals surface area contributed by atoms with Crippen LogP contribution in [0.1, 0.15) is 51.4 Å². The number of nitrogens with zero attached hydrogens (tertiary/aromatic N) is 2. The fraction of sp³-hybridized carbons (Fsp3) is 1.00. The molecule has 18 heavy (non-hydrogen) atoms. The predicted molar refractivity (Wildman–Crippen MR) is 69.5 cm³/mol. The van der Waals surface area contributed by atoms with Crippen molar-refractivity contribution in [2.45, 2.75) is 75.5 Å². The molecule has 3 rings (SSSR count). The topological polar surface area (TPSA) is 46.9 Å². The van der Waals surface area contributed by atoms with E-state index in [4.69, 9.17) is 0 Å². The Morgan fingerprint density at radius 1 is 0.778 bits per heavy atom. The number of hydrogen-bond acceptors (Lipinski definition) is 4. The average molecular weight is 254 g/mol. The summed E-state index contributed by atoms with van der Waals surface area (Å²) in [4.78, 5) is 2.53. The van der Waals surface area contributed by atoms with Crippen molar-refractivity contribution >= 4 is 0 Å². The van der Waals surface area contributed by atoms with E-state index >= 15 is 0 Å². The van der Waals surface area contributed by atoms with Crippen molar-refractivity contribution in [2.24, 2.45) is 0 Å². The van der Waals surface area contributed by atoms with Crippen molar-refractivity contribution in [2.75, 3.05) is 13.2 Å². The van der Waals surface area contributed by atoms with Gasteiger partial charge in [-0.25, -0.2) is 0 Å². The Labute approximate surface area is 110 Å². The smallest absolute Gasteiger partial charge is 0.0558 e. The zero-order valence-electron chi connectivity index (χ0n) is 11.2. The third-order valence-corrected chi connectivity index (χ3v) is 5.28. The number of aliphatic hydroxyl groups is 1. The molecule has 1 aliphatic heterocycles. The number of aliphatic hydroxyl groups excluding tert-OH is 1. The Hall–Kier alpha value is -0.160. The van der Waals surface area contributed by atoms with Crippen LogP contribution in [0.25, 0.3) is 0 Å². The Morgan fingerprint density at radius 2 is 1.22 bits per heavy atom. The number of fused-ring (bicyclic) bond motifs is 2. The molecule has 1 heterocycles. The van der Waals surface area contributed by atoms with Gasteiger partial charge in [-0.1, -0.05) is 25.7 Å². The number of hydrogen-bond donors (Lipinski definition) is 2. The van der Waals surface area contributed by atoms with Crippen LogP contribution in [0.5, 0.6) is 0 Å². The number of hydroxylamine groups is 2. The standard InChI is InChI=1S/C14H26N2O2/c17-10-9-15-11-5-1-3-7-13(11)16(18)14-8-4-2-6-12(14)15/h11-14,17-18H,1-10H2. The van der Waals surface area contributed by atoms with E-state index in [0.29, 0.717) is 24.2 Å². The summed E-state index contributed by atoms with van der Waals surface area (Å²) in [6.07, 6.45) is 9.63. The lowest BCUT2D eigenvalue weighted by Crippen LogP contribution is -2.69. The van der Waals surface area contributed by atoms with E-state index in [1.165, 1.54) is 38.5 Å². The fourth-order valence-corrected chi connectivity index (χ4v) is 4.51. The molecule has 3 fully saturated rings. The van der Waals surface area contributed by atoms with E-state index in [9.17, 15) is 10.3 Å². The summed E-state index contributed by atoms with van der Waals surface area (Å²) >= 11 is 0. The van der Waals surface area contributed by atoms with E-state index in [1.54, 1.807) is 5.06 Å². The van der Waals surface area contributed by atoms with Gasteiger partial charge >= 0.3 is 0 Å². The lowest BCUT2D eigenvalue weighted by Gasteiger charge is -2.56. The van der Waals surface area contributed by atoms with Gasteiger partial charge in [0.05, 0.1) is 18.7 Å². The van der Waals surface area contributed by atoms with Crippen molar-refractivity contribution in [3.8, 4) is 0 Å². The van der Waals surface area contributed by atoms with Crippen LogP contribution in [0.3, 0.4) is 0 Å². The molecular weight excluding hydrogens is 228 g/mol. The van der Waals surface area contributed by atoms with Crippen molar-refractivity contribution < 1.29 is 10.3 Å². The van der Waals surface area contributed by atoms with Crippen molar-refractivity contribution in [1.82, 2.24) is 9.96 Å². The summed E-state index contributed by atoms with van der Waals surface area (Å²) < 4.78 is 0. The van der Waals surface area contributed by atoms with Crippen LogP contribution < -0.4 is 0 Å². The minimum Gasteiger partial charge on any atom is -0.395 e. The SMILES string of the molecule is OCCN1C2CCCCC2N(O)C2CCCCC21. The van der Waals surface area contributed by atoms with Crippen LogP contribution in [0.15, 0.2) is 0 Å². The summed E-state index contributed by atoms with van der Waals surface area (Å²) in [6.45, 7) is 1.04. The number of β-amino-alcohol motifs (C(OH)–C–C–N with tert-alkyl or cyclic N) is 1. The third-order valence-electron chi connectivity index (χ3n) is 5.28. The molecule has 4 nitrogen and oxygen atoms in total.